The minimum Gasteiger partial charge on any atom is -0.339 e. The van der Waals surface area contributed by atoms with Crippen molar-refractivity contribution in [1.82, 2.24) is 14.8 Å². The summed E-state index contributed by atoms with van der Waals surface area (Å²) in [5.41, 5.74) is 1.55. The average Bonchev–Trinajstić information content (AvgIpc) is 2.68. The molecule has 1 aliphatic rings. The van der Waals surface area contributed by atoms with E-state index in [1.807, 2.05) is 23.1 Å². The highest BCUT2D eigenvalue weighted by Crippen LogP contribution is 2.27. The molecule has 0 radical (unpaired) electrons. The monoisotopic (exact) mass is 351 g/mol. The van der Waals surface area contributed by atoms with Crippen LogP contribution in [0.15, 0.2) is 54.9 Å². The first kappa shape index (κ1) is 18.1. The topological polar surface area (TPSA) is 53.5 Å². The lowest BCUT2D eigenvalue weighted by Gasteiger charge is -2.36. The van der Waals surface area contributed by atoms with Crippen LogP contribution in [-0.4, -0.2) is 52.8 Å². The number of rotatable bonds is 4. The number of aromatic nitrogens is 1. The van der Waals surface area contributed by atoms with Gasteiger partial charge in [0.25, 0.3) is 5.91 Å². The lowest BCUT2D eigenvalue weighted by atomic mass is 9.81. The molecule has 2 amide bonds. The molecule has 0 atom stereocenters. The molecular formula is C21H25N3O2. The molecule has 1 aliphatic heterocycles. The van der Waals surface area contributed by atoms with Crippen LogP contribution in [0, 0.1) is 0 Å². The maximum atomic E-state index is 12.7. The predicted molar refractivity (Wildman–Crippen MR) is 101 cm³/mol. The average molecular weight is 351 g/mol. The van der Waals surface area contributed by atoms with E-state index in [-0.39, 0.29) is 17.2 Å². The van der Waals surface area contributed by atoms with Crippen molar-refractivity contribution in [2.75, 3.05) is 26.2 Å². The summed E-state index contributed by atoms with van der Waals surface area (Å²) >= 11 is 0. The van der Waals surface area contributed by atoms with Crippen LogP contribution >= 0.6 is 0 Å². The van der Waals surface area contributed by atoms with Crippen LogP contribution in [0.25, 0.3) is 0 Å². The van der Waals surface area contributed by atoms with E-state index in [1.54, 1.807) is 29.4 Å². The second-order valence-electron chi connectivity index (χ2n) is 7.34. The van der Waals surface area contributed by atoms with Gasteiger partial charge in [0.05, 0.1) is 5.56 Å². The molecule has 0 bridgehead atoms. The van der Waals surface area contributed by atoms with Crippen LogP contribution in [0.2, 0.25) is 0 Å². The Morgan fingerprint density at radius 3 is 2.23 bits per heavy atom. The van der Waals surface area contributed by atoms with Crippen molar-refractivity contribution >= 4 is 11.8 Å². The van der Waals surface area contributed by atoms with Crippen molar-refractivity contribution in [3.63, 3.8) is 0 Å². The maximum absolute atomic E-state index is 12.7. The number of carbonyl (C=O) groups excluding carboxylic acids is 2. The van der Waals surface area contributed by atoms with Crippen molar-refractivity contribution in [3.05, 3.63) is 66.0 Å². The van der Waals surface area contributed by atoms with E-state index in [9.17, 15) is 9.59 Å². The first-order chi connectivity index (χ1) is 12.5. The lowest BCUT2D eigenvalue weighted by Crippen LogP contribution is -2.51. The summed E-state index contributed by atoms with van der Waals surface area (Å²) in [6, 6.07) is 13.7. The molecule has 3 rings (SSSR count). The Labute approximate surface area is 154 Å². The van der Waals surface area contributed by atoms with E-state index < -0.39 is 0 Å². The number of pyridine rings is 1. The highest BCUT2D eigenvalue weighted by atomic mass is 16.2. The van der Waals surface area contributed by atoms with Gasteiger partial charge in [-0.1, -0.05) is 44.2 Å². The fourth-order valence-electron chi connectivity index (χ4n) is 3.31. The summed E-state index contributed by atoms with van der Waals surface area (Å²) in [7, 11) is 0. The minimum absolute atomic E-state index is 0.0187. The largest absolute Gasteiger partial charge is 0.339 e. The minimum atomic E-state index is -0.207. The Balaban J connectivity index is 1.56. The van der Waals surface area contributed by atoms with Gasteiger partial charge in [-0.3, -0.25) is 14.6 Å². The zero-order valence-electron chi connectivity index (χ0n) is 15.4. The molecule has 0 N–H and O–H groups in total. The highest BCUT2D eigenvalue weighted by molar-refractivity contribution is 5.94. The third-order valence-corrected chi connectivity index (χ3v) is 4.98. The number of nitrogens with zero attached hydrogens (tertiary/aromatic N) is 3. The van der Waals surface area contributed by atoms with Crippen molar-refractivity contribution in [2.45, 2.75) is 25.7 Å². The second-order valence-corrected chi connectivity index (χ2v) is 7.34. The lowest BCUT2D eigenvalue weighted by molar-refractivity contribution is -0.133. The van der Waals surface area contributed by atoms with Crippen LogP contribution in [-0.2, 0) is 10.2 Å². The van der Waals surface area contributed by atoms with Gasteiger partial charge < -0.3 is 9.80 Å². The van der Waals surface area contributed by atoms with E-state index in [1.165, 1.54) is 5.56 Å². The summed E-state index contributed by atoms with van der Waals surface area (Å²) in [5, 5.41) is 0. The fraction of sp³-hybridized carbons (Fsp3) is 0.381. The molecule has 5 nitrogen and oxygen atoms in total. The molecule has 26 heavy (non-hydrogen) atoms. The number of benzene rings is 1. The second kappa shape index (κ2) is 7.68. The number of hydrogen-bond donors (Lipinski definition) is 0. The summed E-state index contributed by atoms with van der Waals surface area (Å²) in [6.45, 7) is 6.48. The Morgan fingerprint density at radius 2 is 1.62 bits per heavy atom. The molecule has 2 aromatic rings. The molecule has 136 valence electrons. The van der Waals surface area contributed by atoms with Gasteiger partial charge in [-0.25, -0.2) is 0 Å². The van der Waals surface area contributed by atoms with Gasteiger partial charge >= 0.3 is 0 Å². The molecule has 1 fully saturated rings. The Hall–Kier alpha value is -2.69. The van der Waals surface area contributed by atoms with Crippen LogP contribution in [0.4, 0.5) is 0 Å². The van der Waals surface area contributed by atoms with E-state index in [2.05, 4.69) is 31.0 Å². The first-order valence-electron chi connectivity index (χ1n) is 9.00. The number of hydrogen-bond acceptors (Lipinski definition) is 3. The zero-order valence-corrected chi connectivity index (χ0v) is 15.4. The molecule has 0 aliphatic carbocycles. The van der Waals surface area contributed by atoms with Crippen LogP contribution in [0.1, 0.15) is 36.2 Å². The third kappa shape index (κ3) is 4.10. The van der Waals surface area contributed by atoms with Crippen molar-refractivity contribution in [2.24, 2.45) is 0 Å². The van der Waals surface area contributed by atoms with Crippen molar-refractivity contribution < 1.29 is 9.59 Å². The molecular weight excluding hydrogens is 326 g/mol. The van der Waals surface area contributed by atoms with Gasteiger partial charge in [0.15, 0.2) is 0 Å². The predicted octanol–water partition coefficient (Wildman–Crippen LogP) is 2.73. The quantitative estimate of drug-likeness (QED) is 0.851. The van der Waals surface area contributed by atoms with Crippen molar-refractivity contribution in [1.29, 1.82) is 0 Å². The smallest absolute Gasteiger partial charge is 0.255 e. The molecule has 1 aromatic heterocycles. The van der Waals surface area contributed by atoms with Gasteiger partial charge in [0, 0.05) is 45.0 Å². The molecule has 1 aromatic carbocycles. The highest BCUT2D eigenvalue weighted by Gasteiger charge is 2.30. The first-order valence-corrected chi connectivity index (χ1v) is 9.00. The van der Waals surface area contributed by atoms with Gasteiger partial charge in [-0.2, -0.15) is 0 Å². The summed E-state index contributed by atoms with van der Waals surface area (Å²) < 4.78 is 0. The summed E-state index contributed by atoms with van der Waals surface area (Å²) in [4.78, 5) is 32.9. The SMILES string of the molecule is CC(C)(CC(=O)N1CCN(C(=O)c2cccnc2)CC1)c1ccccc1. The number of piperazine rings is 1. The normalized spacial score (nSPS) is 15.0. The van der Waals surface area contributed by atoms with Crippen LogP contribution in [0.5, 0.6) is 0 Å². The zero-order chi connectivity index (χ0) is 18.6. The Morgan fingerprint density at radius 1 is 0.962 bits per heavy atom. The Bertz CT molecular complexity index is 751. The molecule has 1 saturated heterocycles. The van der Waals surface area contributed by atoms with Gasteiger partial charge in [0.2, 0.25) is 5.91 Å². The van der Waals surface area contributed by atoms with Crippen LogP contribution in [0.3, 0.4) is 0 Å². The third-order valence-electron chi connectivity index (χ3n) is 4.98. The number of amides is 2. The summed E-state index contributed by atoms with van der Waals surface area (Å²) in [5.74, 6) is 0.127. The molecule has 0 unspecified atom stereocenters. The molecule has 2 heterocycles. The van der Waals surface area contributed by atoms with Gasteiger partial charge in [0.1, 0.15) is 0 Å². The van der Waals surface area contributed by atoms with E-state index >= 15 is 0 Å². The van der Waals surface area contributed by atoms with Crippen molar-refractivity contribution in [3.8, 4) is 0 Å². The van der Waals surface area contributed by atoms with Gasteiger partial charge in [-0.15, -0.1) is 0 Å². The molecule has 0 saturated carbocycles. The van der Waals surface area contributed by atoms with Crippen LogP contribution < -0.4 is 0 Å². The maximum Gasteiger partial charge on any atom is 0.255 e. The Kier molecular flexibility index (Phi) is 5.35. The standard InChI is InChI=1S/C21H25N3O2/c1-21(2,18-8-4-3-5-9-18)15-19(25)23-11-13-24(14-12-23)20(26)17-7-6-10-22-16-17/h3-10,16H,11-15H2,1-2H3. The summed E-state index contributed by atoms with van der Waals surface area (Å²) in [6.07, 6.45) is 3.71. The van der Waals surface area contributed by atoms with E-state index in [4.69, 9.17) is 0 Å². The van der Waals surface area contributed by atoms with E-state index in [0.29, 0.717) is 38.2 Å². The molecule has 5 heteroatoms. The molecule has 0 spiro atoms. The van der Waals surface area contributed by atoms with E-state index in [0.717, 1.165) is 0 Å². The van der Waals surface area contributed by atoms with Gasteiger partial charge in [-0.05, 0) is 23.1 Å². The number of carbonyl (C=O) groups is 2. The fourth-order valence-corrected chi connectivity index (χ4v) is 3.31.